The second-order valence-corrected chi connectivity index (χ2v) is 7.24. The molecule has 2 aromatic carbocycles. The van der Waals surface area contributed by atoms with Crippen molar-refractivity contribution in [3.8, 4) is 11.4 Å². The minimum atomic E-state index is -0.472. The molecule has 0 aliphatic carbocycles. The maximum Gasteiger partial charge on any atom is 0.272 e. The zero-order chi connectivity index (χ0) is 21.1. The first-order valence-electron chi connectivity index (χ1n) is 8.91. The Labute approximate surface area is 172 Å². The predicted molar refractivity (Wildman–Crippen MR) is 108 cm³/mol. The zero-order valence-corrected chi connectivity index (χ0v) is 16.9. The number of carbonyl (C=O) groups is 1. The molecule has 1 amide bonds. The molecule has 3 aromatic rings. The number of nitro benzene ring substituents is 1. The maximum atomic E-state index is 13.0. The molecule has 0 N–H and O–H groups in total. The summed E-state index contributed by atoms with van der Waals surface area (Å²) in [6.45, 7) is 5.46. The number of halogens is 1. The van der Waals surface area contributed by atoms with E-state index in [1.807, 2.05) is 13.8 Å². The number of rotatable bonds is 6. The highest BCUT2D eigenvalue weighted by Gasteiger charge is 2.23. The van der Waals surface area contributed by atoms with Crippen LogP contribution in [-0.2, 0) is 6.54 Å². The van der Waals surface area contributed by atoms with Crippen LogP contribution in [0.1, 0.15) is 35.7 Å². The summed E-state index contributed by atoms with van der Waals surface area (Å²) in [7, 11) is 0. The van der Waals surface area contributed by atoms with Crippen molar-refractivity contribution in [3.05, 3.63) is 74.6 Å². The highest BCUT2D eigenvalue weighted by atomic mass is 35.5. The van der Waals surface area contributed by atoms with E-state index in [1.54, 1.807) is 36.1 Å². The molecule has 1 aromatic heterocycles. The molecule has 0 spiro atoms. The van der Waals surface area contributed by atoms with Gasteiger partial charge in [0.25, 0.3) is 11.6 Å². The number of carbonyl (C=O) groups excluding carboxylic acids is 1. The lowest BCUT2D eigenvalue weighted by atomic mass is 10.1. The Bertz CT molecular complexity index is 1050. The summed E-state index contributed by atoms with van der Waals surface area (Å²) < 4.78 is 5.31. The molecule has 0 aliphatic rings. The Morgan fingerprint density at radius 3 is 2.52 bits per heavy atom. The van der Waals surface area contributed by atoms with Crippen molar-refractivity contribution in [2.45, 2.75) is 33.4 Å². The number of nitrogens with zero attached hydrogens (tertiary/aromatic N) is 4. The standard InChI is InChI=1S/C20H19ClN4O4/c1-12(2)24(20(26)15-6-9-17(25(27)28)13(3)10-15)11-18-22-19(23-29-18)14-4-7-16(21)8-5-14/h4-10,12H,11H2,1-3H3. The molecule has 9 heteroatoms. The Hall–Kier alpha value is -3.26. The molecule has 150 valence electrons. The Kier molecular flexibility index (Phi) is 5.93. The zero-order valence-electron chi connectivity index (χ0n) is 16.1. The molecule has 0 unspecified atom stereocenters. The third kappa shape index (κ3) is 4.60. The molecular formula is C20H19ClN4O4. The fourth-order valence-corrected chi connectivity index (χ4v) is 2.96. The first-order chi connectivity index (χ1) is 13.8. The summed E-state index contributed by atoms with van der Waals surface area (Å²) in [4.78, 5) is 29.4. The van der Waals surface area contributed by atoms with Crippen molar-refractivity contribution in [1.29, 1.82) is 0 Å². The summed E-state index contributed by atoms with van der Waals surface area (Å²) in [5.41, 5.74) is 1.51. The molecule has 8 nitrogen and oxygen atoms in total. The van der Waals surface area contributed by atoms with Gasteiger partial charge in [0.05, 0.1) is 4.92 Å². The van der Waals surface area contributed by atoms with Crippen LogP contribution in [0.15, 0.2) is 47.0 Å². The van der Waals surface area contributed by atoms with Crippen LogP contribution in [-0.4, -0.2) is 31.9 Å². The van der Waals surface area contributed by atoms with Crippen LogP contribution >= 0.6 is 11.6 Å². The van der Waals surface area contributed by atoms with Crippen molar-refractivity contribution in [2.24, 2.45) is 0 Å². The van der Waals surface area contributed by atoms with E-state index in [2.05, 4.69) is 10.1 Å². The normalized spacial score (nSPS) is 10.9. The van der Waals surface area contributed by atoms with Crippen molar-refractivity contribution in [2.75, 3.05) is 0 Å². The molecule has 0 saturated carbocycles. The minimum absolute atomic E-state index is 0.0258. The first-order valence-corrected chi connectivity index (χ1v) is 9.28. The summed E-state index contributed by atoms with van der Waals surface area (Å²) >= 11 is 5.89. The lowest BCUT2D eigenvalue weighted by Crippen LogP contribution is -2.36. The lowest BCUT2D eigenvalue weighted by Gasteiger charge is -2.25. The van der Waals surface area contributed by atoms with Crippen LogP contribution in [0.25, 0.3) is 11.4 Å². The largest absolute Gasteiger partial charge is 0.337 e. The summed E-state index contributed by atoms with van der Waals surface area (Å²) in [5, 5.41) is 15.6. The van der Waals surface area contributed by atoms with Gasteiger partial charge in [-0.1, -0.05) is 16.8 Å². The van der Waals surface area contributed by atoms with Crippen LogP contribution in [0.3, 0.4) is 0 Å². The highest BCUT2D eigenvalue weighted by Crippen LogP contribution is 2.22. The van der Waals surface area contributed by atoms with E-state index in [4.69, 9.17) is 16.1 Å². The van der Waals surface area contributed by atoms with Gasteiger partial charge in [-0.2, -0.15) is 4.98 Å². The van der Waals surface area contributed by atoms with Crippen molar-refractivity contribution < 1.29 is 14.2 Å². The molecular weight excluding hydrogens is 396 g/mol. The monoisotopic (exact) mass is 414 g/mol. The van der Waals surface area contributed by atoms with Crippen molar-refractivity contribution in [3.63, 3.8) is 0 Å². The number of amides is 1. The summed E-state index contributed by atoms with van der Waals surface area (Å²) in [6, 6.07) is 11.2. The van der Waals surface area contributed by atoms with Gasteiger partial charge < -0.3 is 9.42 Å². The summed E-state index contributed by atoms with van der Waals surface area (Å²) in [6.07, 6.45) is 0. The maximum absolute atomic E-state index is 13.0. The molecule has 0 saturated heterocycles. The Morgan fingerprint density at radius 2 is 1.93 bits per heavy atom. The molecule has 3 rings (SSSR count). The van der Waals surface area contributed by atoms with E-state index >= 15 is 0 Å². The highest BCUT2D eigenvalue weighted by molar-refractivity contribution is 6.30. The third-order valence-electron chi connectivity index (χ3n) is 4.40. The molecule has 0 atom stereocenters. The second-order valence-electron chi connectivity index (χ2n) is 6.80. The average Bonchev–Trinajstić information content (AvgIpc) is 3.14. The lowest BCUT2D eigenvalue weighted by molar-refractivity contribution is -0.385. The number of aryl methyl sites for hydroxylation is 1. The fraction of sp³-hybridized carbons (Fsp3) is 0.250. The van der Waals surface area contributed by atoms with Gasteiger partial charge in [0.15, 0.2) is 0 Å². The number of hydrogen-bond donors (Lipinski definition) is 0. The molecule has 0 radical (unpaired) electrons. The van der Waals surface area contributed by atoms with E-state index in [9.17, 15) is 14.9 Å². The number of hydrogen-bond acceptors (Lipinski definition) is 6. The Morgan fingerprint density at radius 1 is 1.24 bits per heavy atom. The second kappa shape index (κ2) is 8.40. The van der Waals surface area contributed by atoms with Gasteiger partial charge >= 0.3 is 0 Å². The van der Waals surface area contributed by atoms with E-state index < -0.39 is 4.92 Å². The number of nitro groups is 1. The van der Waals surface area contributed by atoms with Gasteiger partial charge in [0.2, 0.25) is 11.7 Å². The molecule has 29 heavy (non-hydrogen) atoms. The summed E-state index contributed by atoms with van der Waals surface area (Å²) in [5.74, 6) is 0.416. The van der Waals surface area contributed by atoms with Crippen LogP contribution in [0.5, 0.6) is 0 Å². The van der Waals surface area contributed by atoms with Crippen LogP contribution in [0.4, 0.5) is 5.69 Å². The molecule has 0 fully saturated rings. The molecule has 0 aliphatic heterocycles. The van der Waals surface area contributed by atoms with Gasteiger partial charge in [0, 0.05) is 33.8 Å². The van der Waals surface area contributed by atoms with E-state index in [0.29, 0.717) is 22.0 Å². The minimum Gasteiger partial charge on any atom is -0.337 e. The topological polar surface area (TPSA) is 102 Å². The fourth-order valence-electron chi connectivity index (χ4n) is 2.83. The van der Waals surface area contributed by atoms with Crippen LogP contribution in [0, 0.1) is 17.0 Å². The number of aromatic nitrogens is 2. The van der Waals surface area contributed by atoms with Crippen molar-refractivity contribution in [1.82, 2.24) is 15.0 Å². The van der Waals surface area contributed by atoms with Crippen LogP contribution < -0.4 is 0 Å². The van der Waals surface area contributed by atoms with Gasteiger partial charge in [-0.3, -0.25) is 14.9 Å². The molecule has 1 heterocycles. The quantitative estimate of drug-likeness (QED) is 0.429. The van der Waals surface area contributed by atoms with Gasteiger partial charge in [0.1, 0.15) is 6.54 Å². The SMILES string of the molecule is Cc1cc(C(=O)N(Cc2nc(-c3ccc(Cl)cc3)no2)C(C)C)ccc1[N+](=O)[O-]. The van der Waals surface area contributed by atoms with Gasteiger partial charge in [-0.25, -0.2) is 0 Å². The van der Waals surface area contributed by atoms with E-state index in [1.165, 1.54) is 18.2 Å². The van der Waals surface area contributed by atoms with E-state index in [-0.39, 0.29) is 30.1 Å². The van der Waals surface area contributed by atoms with Crippen molar-refractivity contribution >= 4 is 23.2 Å². The number of benzene rings is 2. The first kappa shape index (κ1) is 20.5. The Balaban J connectivity index is 1.82. The van der Waals surface area contributed by atoms with Gasteiger partial charge in [-0.15, -0.1) is 0 Å². The average molecular weight is 415 g/mol. The van der Waals surface area contributed by atoms with Crippen LogP contribution in [0.2, 0.25) is 5.02 Å². The van der Waals surface area contributed by atoms with Gasteiger partial charge in [-0.05, 0) is 57.2 Å². The van der Waals surface area contributed by atoms with E-state index in [0.717, 1.165) is 5.56 Å². The molecule has 0 bridgehead atoms. The smallest absolute Gasteiger partial charge is 0.272 e. The third-order valence-corrected chi connectivity index (χ3v) is 4.65. The predicted octanol–water partition coefficient (Wildman–Crippen LogP) is 4.66.